The minimum atomic E-state index is -3.45. The van der Waals surface area contributed by atoms with Crippen molar-refractivity contribution in [1.82, 2.24) is 14.9 Å². The Bertz CT molecular complexity index is 1350. The average Bonchev–Trinajstić information content (AvgIpc) is 2.91. The number of rotatable bonds is 5. The summed E-state index contributed by atoms with van der Waals surface area (Å²) in [6.07, 6.45) is -1.02. The second kappa shape index (κ2) is 8.06. The largest absolute Gasteiger partial charge is 0.491 e. The monoisotopic (exact) mass is 418 g/mol. The molecular weight excluding hydrogens is 392 g/mol. The van der Waals surface area contributed by atoms with Crippen molar-refractivity contribution in [3.8, 4) is 22.6 Å². The van der Waals surface area contributed by atoms with E-state index in [9.17, 15) is 13.6 Å². The fourth-order valence-corrected chi connectivity index (χ4v) is 2.59. The van der Waals surface area contributed by atoms with Crippen LogP contribution in [-0.2, 0) is 6.50 Å². The van der Waals surface area contributed by atoms with E-state index in [-0.39, 0.29) is 21.8 Å². The molecule has 2 heterocycles. The SMILES string of the molecule is [2H]c1c([2H])c(-c2ccc(OC(C)(F)F)cc2)c([2H])c2c1OCC([2H])([2H])N(C([2H])([2H])c1ncccn1)C2=O. The van der Waals surface area contributed by atoms with Crippen LogP contribution in [0.15, 0.2) is 60.9 Å². The summed E-state index contributed by atoms with van der Waals surface area (Å²) >= 11 is 0. The summed E-state index contributed by atoms with van der Waals surface area (Å²) < 4.78 is 95.4. The van der Waals surface area contributed by atoms with E-state index in [1.165, 1.54) is 30.6 Å². The van der Waals surface area contributed by atoms with Gasteiger partial charge in [-0.1, -0.05) is 18.2 Å². The number of hydrogen-bond donors (Lipinski definition) is 0. The number of carbonyl (C=O) groups excluding carboxylic acids is 1. The molecule has 0 spiro atoms. The predicted molar refractivity (Wildman–Crippen MR) is 105 cm³/mol. The maximum Gasteiger partial charge on any atom is 0.394 e. The van der Waals surface area contributed by atoms with E-state index >= 15 is 0 Å². The second-order valence-electron chi connectivity index (χ2n) is 6.16. The molecule has 1 amide bonds. The highest BCUT2D eigenvalue weighted by Crippen LogP contribution is 2.31. The highest BCUT2D eigenvalue weighted by molar-refractivity contribution is 5.98. The number of ether oxygens (including phenoxy) is 2. The van der Waals surface area contributed by atoms with Gasteiger partial charge in [0.05, 0.1) is 28.2 Å². The quantitative estimate of drug-likeness (QED) is 0.622. The van der Waals surface area contributed by atoms with Crippen LogP contribution in [0.4, 0.5) is 8.78 Å². The molecule has 0 N–H and O–H groups in total. The summed E-state index contributed by atoms with van der Waals surface area (Å²) in [7, 11) is 0. The van der Waals surface area contributed by atoms with Crippen LogP contribution in [0, 0.1) is 0 Å². The number of hydrogen-bond acceptors (Lipinski definition) is 5. The highest BCUT2D eigenvalue weighted by Gasteiger charge is 2.25. The zero-order chi connectivity index (χ0) is 27.3. The van der Waals surface area contributed by atoms with Crippen LogP contribution in [0.3, 0.4) is 0 Å². The van der Waals surface area contributed by atoms with Crippen LogP contribution in [-0.4, -0.2) is 40.0 Å². The lowest BCUT2D eigenvalue weighted by molar-refractivity contribution is -0.158. The number of carbonyl (C=O) groups is 1. The zero-order valence-corrected chi connectivity index (χ0v) is 15.6. The minimum absolute atomic E-state index is 0.110. The molecule has 0 bridgehead atoms. The molecule has 8 heteroatoms. The normalized spacial score (nSPS) is 19.5. The third-order valence-corrected chi connectivity index (χ3v) is 3.85. The summed E-state index contributed by atoms with van der Waals surface area (Å²) in [6.45, 7) is -6.02. The Morgan fingerprint density at radius 1 is 1.27 bits per heavy atom. The molecule has 0 aliphatic carbocycles. The summed E-state index contributed by atoms with van der Waals surface area (Å²) in [4.78, 5) is 21.5. The lowest BCUT2D eigenvalue weighted by atomic mass is 10.0. The number of alkyl halides is 2. The van der Waals surface area contributed by atoms with Gasteiger partial charge in [-0.3, -0.25) is 4.79 Å². The van der Waals surface area contributed by atoms with Gasteiger partial charge in [0, 0.05) is 19.3 Å². The number of amides is 1. The zero-order valence-electron chi connectivity index (χ0n) is 22.6. The van der Waals surface area contributed by atoms with E-state index < -0.39 is 66.9 Å². The summed E-state index contributed by atoms with van der Waals surface area (Å²) in [5, 5.41) is 0. The first-order valence-electron chi connectivity index (χ1n) is 12.2. The van der Waals surface area contributed by atoms with Gasteiger partial charge in [-0.05, 0) is 41.4 Å². The maximum atomic E-state index is 13.7. The summed E-state index contributed by atoms with van der Waals surface area (Å²) in [5.74, 6) is -2.59. The molecule has 154 valence electrons. The van der Waals surface area contributed by atoms with Gasteiger partial charge >= 0.3 is 6.11 Å². The van der Waals surface area contributed by atoms with Crippen molar-refractivity contribution in [3.63, 3.8) is 0 Å². The Kier molecular flexibility index (Phi) is 3.46. The van der Waals surface area contributed by atoms with E-state index in [4.69, 9.17) is 14.3 Å². The Balaban J connectivity index is 1.88. The van der Waals surface area contributed by atoms with Crippen molar-refractivity contribution < 1.29 is 32.6 Å². The molecule has 6 nitrogen and oxygen atoms in total. The Hall–Kier alpha value is -3.55. The Morgan fingerprint density at radius 3 is 2.70 bits per heavy atom. The van der Waals surface area contributed by atoms with Crippen LogP contribution < -0.4 is 9.47 Å². The van der Waals surface area contributed by atoms with Crippen LogP contribution in [0.2, 0.25) is 0 Å². The smallest absolute Gasteiger partial charge is 0.394 e. The van der Waals surface area contributed by atoms with Gasteiger partial charge in [0.1, 0.15) is 23.9 Å². The van der Waals surface area contributed by atoms with Gasteiger partial charge in [-0.25, -0.2) is 9.97 Å². The first-order valence-corrected chi connectivity index (χ1v) is 8.71. The molecule has 1 aromatic heterocycles. The van der Waals surface area contributed by atoms with Gasteiger partial charge < -0.3 is 14.4 Å². The van der Waals surface area contributed by atoms with E-state index in [2.05, 4.69) is 14.7 Å². The van der Waals surface area contributed by atoms with Crippen molar-refractivity contribution in [1.29, 1.82) is 0 Å². The van der Waals surface area contributed by atoms with Gasteiger partial charge in [0.2, 0.25) is 0 Å². The minimum Gasteiger partial charge on any atom is -0.491 e. The third-order valence-electron chi connectivity index (χ3n) is 3.85. The van der Waals surface area contributed by atoms with Gasteiger partial charge in [0.15, 0.2) is 0 Å². The molecule has 1 aliphatic heterocycles. The predicted octanol–water partition coefficient (Wildman–Crippen LogP) is 4.17. The molecular formula is C22H19F2N3O3. The van der Waals surface area contributed by atoms with Gasteiger partial charge in [0.25, 0.3) is 5.91 Å². The average molecular weight is 418 g/mol. The van der Waals surface area contributed by atoms with Crippen LogP contribution in [0.25, 0.3) is 11.1 Å². The van der Waals surface area contributed by atoms with E-state index in [0.29, 0.717) is 6.92 Å². The van der Waals surface area contributed by atoms with Crippen LogP contribution in [0.5, 0.6) is 11.5 Å². The lowest BCUT2D eigenvalue weighted by Crippen LogP contribution is -2.32. The van der Waals surface area contributed by atoms with Crippen LogP contribution >= 0.6 is 0 Å². The van der Waals surface area contributed by atoms with Crippen molar-refractivity contribution in [2.75, 3.05) is 13.1 Å². The lowest BCUT2D eigenvalue weighted by Gasteiger charge is -2.19. The van der Waals surface area contributed by atoms with Crippen LogP contribution in [0.1, 0.15) is 32.7 Å². The Morgan fingerprint density at radius 2 is 2.00 bits per heavy atom. The van der Waals surface area contributed by atoms with Crippen molar-refractivity contribution in [2.24, 2.45) is 0 Å². The second-order valence-corrected chi connectivity index (χ2v) is 6.16. The maximum absolute atomic E-state index is 13.7. The molecule has 0 atom stereocenters. The first-order chi connectivity index (χ1) is 17.1. The summed E-state index contributed by atoms with van der Waals surface area (Å²) in [6, 6.07) is 4.44. The molecule has 0 fully saturated rings. The number of fused-ring (bicyclic) bond motifs is 1. The van der Waals surface area contributed by atoms with Crippen molar-refractivity contribution in [3.05, 3.63) is 72.2 Å². The van der Waals surface area contributed by atoms with Gasteiger partial charge in [-0.2, -0.15) is 8.78 Å². The van der Waals surface area contributed by atoms with E-state index in [1.54, 1.807) is 0 Å². The van der Waals surface area contributed by atoms with Crippen molar-refractivity contribution in [2.45, 2.75) is 19.5 Å². The number of nitrogens with zero attached hydrogens (tertiary/aromatic N) is 3. The molecule has 0 saturated heterocycles. The fourth-order valence-electron chi connectivity index (χ4n) is 2.59. The number of aromatic nitrogens is 2. The third kappa shape index (κ3) is 4.53. The topological polar surface area (TPSA) is 64.6 Å². The number of halogens is 2. The molecule has 2 aromatic carbocycles. The highest BCUT2D eigenvalue weighted by atomic mass is 19.3. The molecule has 1 aliphatic rings. The molecule has 0 saturated carbocycles. The Labute approximate surface area is 181 Å². The summed E-state index contributed by atoms with van der Waals surface area (Å²) in [5.41, 5.74) is -0.772. The van der Waals surface area contributed by atoms with Crippen molar-refractivity contribution >= 4 is 5.91 Å². The number of benzene rings is 2. The molecule has 0 unspecified atom stereocenters. The molecule has 3 aromatic rings. The van der Waals surface area contributed by atoms with Gasteiger partial charge in [-0.15, -0.1) is 0 Å². The van der Waals surface area contributed by atoms with E-state index in [1.807, 2.05) is 0 Å². The van der Waals surface area contributed by atoms with E-state index in [0.717, 1.165) is 12.1 Å². The first kappa shape index (κ1) is 12.9. The fraction of sp³-hybridized carbons (Fsp3) is 0.227. The standard InChI is InChI=1S/C22H19F2N3O3/c1-22(23,24)30-17-6-3-15(4-7-17)16-5-8-19-18(13-16)21(28)27(11-12-29-19)14-20-25-9-2-10-26-20/h2-10,13H,11-12,14H2,1H3/i5D,8D,11D2,13D,14D2. The molecule has 0 radical (unpaired) electrons. The molecule has 4 rings (SSSR count). The molecule has 30 heavy (non-hydrogen) atoms.